The average Bonchev–Trinajstić information content (AvgIpc) is 3.02. The number of unbranched alkanes of at least 4 members (excludes halogenated alkanes) is 18. The summed E-state index contributed by atoms with van der Waals surface area (Å²) in [4.78, 5) is 23.5. The Hall–Kier alpha value is -1.22. The van der Waals surface area contributed by atoms with Crippen molar-refractivity contribution in [3.05, 3.63) is 0 Å². The van der Waals surface area contributed by atoms with Gasteiger partial charge in [0.1, 0.15) is 13.2 Å². The molecule has 0 aromatic carbocycles. The molecule has 0 bridgehead atoms. The fourth-order valence-electron chi connectivity index (χ4n) is 4.85. The molecule has 0 aliphatic carbocycles. The predicted octanol–water partition coefficient (Wildman–Crippen LogP) is 8.76. The van der Waals surface area contributed by atoms with Crippen LogP contribution >= 0.6 is 0 Å². The largest absolute Gasteiger partial charge is 0.463 e. The van der Waals surface area contributed by atoms with Gasteiger partial charge in [-0.25, -0.2) is 0 Å². The molecule has 0 aromatic rings. The highest BCUT2D eigenvalue weighted by atomic mass is 16.6. The quantitative estimate of drug-likeness (QED) is 0.0497. The molecule has 0 saturated heterocycles. The third kappa shape index (κ3) is 37.0. The van der Waals surface area contributed by atoms with E-state index in [0.29, 0.717) is 72.3 Å². The van der Waals surface area contributed by atoms with Crippen LogP contribution in [0.3, 0.4) is 0 Å². The Labute approximate surface area is 271 Å². The Bertz CT molecular complexity index is 586. The van der Waals surface area contributed by atoms with Gasteiger partial charge in [0.05, 0.1) is 52.9 Å². The van der Waals surface area contributed by atoms with Crippen molar-refractivity contribution in [1.29, 1.82) is 0 Å². The molecule has 0 aliphatic heterocycles. The number of rotatable bonds is 37. The molecule has 262 valence electrons. The monoisotopic (exact) mass is 631 g/mol. The third-order valence-corrected chi connectivity index (χ3v) is 7.57. The Kier molecular flexibility index (Phi) is 36.9. The van der Waals surface area contributed by atoms with Gasteiger partial charge in [0.25, 0.3) is 0 Å². The van der Waals surface area contributed by atoms with Gasteiger partial charge in [0.2, 0.25) is 0 Å². The van der Waals surface area contributed by atoms with E-state index in [1.54, 1.807) is 0 Å². The third-order valence-electron chi connectivity index (χ3n) is 7.57. The standard InChI is InChI=1S/C36H70O8/c1-3-5-7-9-11-12-13-14-15-16-18-20-22-24-36(38)44-34-32-42-30-28-40-26-25-39-27-29-41-31-33-43-35(37)23-21-19-17-10-8-6-4-2/h3-34H2,1-2H3. The van der Waals surface area contributed by atoms with Crippen molar-refractivity contribution in [2.45, 2.75) is 155 Å². The minimum atomic E-state index is -0.138. The zero-order valence-corrected chi connectivity index (χ0v) is 28.9. The average molecular weight is 631 g/mol. The molecule has 0 radical (unpaired) electrons. The van der Waals surface area contributed by atoms with E-state index in [0.717, 1.165) is 25.7 Å². The van der Waals surface area contributed by atoms with Gasteiger partial charge < -0.3 is 28.4 Å². The lowest BCUT2D eigenvalue weighted by atomic mass is 10.0. The number of hydrogen-bond acceptors (Lipinski definition) is 8. The van der Waals surface area contributed by atoms with Crippen molar-refractivity contribution in [1.82, 2.24) is 0 Å². The molecule has 0 rings (SSSR count). The van der Waals surface area contributed by atoms with Crippen LogP contribution in [0.4, 0.5) is 0 Å². The summed E-state index contributed by atoms with van der Waals surface area (Å²) in [6, 6.07) is 0. The first-order valence-corrected chi connectivity index (χ1v) is 18.3. The van der Waals surface area contributed by atoms with Crippen LogP contribution in [0.5, 0.6) is 0 Å². The van der Waals surface area contributed by atoms with Crippen LogP contribution in [-0.2, 0) is 38.0 Å². The van der Waals surface area contributed by atoms with E-state index in [1.165, 1.54) is 103 Å². The van der Waals surface area contributed by atoms with E-state index >= 15 is 0 Å². The number of esters is 2. The molecule has 0 fully saturated rings. The maximum absolute atomic E-state index is 11.8. The molecule has 0 amide bonds. The summed E-state index contributed by atoms with van der Waals surface area (Å²) in [5.74, 6) is -0.269. The van der Waals surface area contributed by atoms with Gasteiger partial charge in [-0.05, 0) is 12.8 Å². The lowest BCUT2D eigenvalue weighted by Crippen LogP contribution is -2.15. The maximum Gasteiger partial charge on any atom is 0.305 e. The molecule has 0 N–H and O–H groups in total. The molecule has 0 spiro atoms. The lowest BCUT2D eigenvalue weighted by Gasteiger charge is -2.08. The van der Waals surface area contributed by atoms with Crippen LogP contribution in [0, 0.1) is 0 Å². The van der Waals surface area contributed by atoms with Crippen molar-refractivity contribution in [2.75, 3.05) is 66.1 Å². The van der Waals surface area contributed by atoms with Crippen LogP contribution in [-0.4, -0.2) is 78.0 Å². The summed E-state index contributed by atoms with van der Waals surface area (Å²) >= 11 is 0. The molecule has 0 atom stereocenters. The Morgan fingerprint density at radius 1 is 0.318 bits per heavy atom. The van der Waals surface area contributed by atoms with Gasteiger partial charge in [0, 0.05) is 12.8 Å². The van der Waals surface area contributed by atoms with Gasteiger partial charge in [-0.3, -0.25) is 9.59 Å². The van der Waals surface area contributed by atoms with Crippen molar-refractivity contribution in [2.24, 2.45) is 0 Å². The zero-order valence-electron chi connectivity index (χ0n) is 28.9. The zero-order chi connectivity index (χ0) is 32.0. The molecular weight excluding hydrogens is 560 g/mol. The van der Waals surface area contributed by atoms with Crippen LogP contribution in [0.15, 0.2) is 0 Å². The van der Waals surface area contributed by atoms with Crippen LogP contribution < -0.4 is 0 Å². The molecule has 0 saturated carbocycles. The van der Waals surface area contributed by atoms with Crippen LogP contribution in [0.25, 0.3) is 0 Å². The summed E-state index contributed by atoms with van der Waals surface area (Å²) in [6.45, 7) is 8.64. The highest BCUT2D eigenvalue weighted by Gasteiger charge is 2.04. The van der Waals surface area contributed by atoms with Gasteiger partial charge in [-0.1, -0.05) is 129 Å². The molecule has 8 heteroatoms. The Morgan fingerprint density at radius 2 is 0.545 bits per heavy atom. The molecule has 8 nitrogen and oxygen atoms in total. The van der Waals surface area contributed by atoms with Crippen molar-refractivity contribution < 1.29 is 38.0 Å². The van der Waals surface area contributed by atoms with E-state index in [9.17, 15) is 9.59 Å². The fraction of sp³-hybridized carbons (Fsp3) is 0.944. The van der Waals surface area contributed by atoms with Crippen molar-refractivity contribution in [3.8, 4) is 0 Å². The minimum absolute atomic E-state index is 0.131. The van der Waals surface area contributed by atoms with Crippen molar-refractivity contribution in [3.63, 3.8) is 0 Å². The summed E-state index contributed by atoms with van der Waals surface area (Å²) in [5.41, 5.74) is 0. The SMILES string of the molecule is CCCCCCCCCCCCCCCC(=O)OCCOCCOCCOCCOCCOC(=O)CCCCCCCCC. The second kappa shape index (κ2) is 38.0. The van der Waals surface area contributed by atoms with Crippen LogP contribution in [0.2, 0.25) is 0 Å². The molecule has 0 aromatic heterocycles. The summed E-state index contributed by atoms with van der Waals surface area (Å²) in [6.07, 6.45) is 26.2. The van der Waals surface area contributed by atoms with Crippen molar-refractivity contribution >= 4 is 11.9 Å². The highest BCUT2D eigenvalue weighted by Crippen LogP contribution is 2.13. The van der Waals surface area contributed by atoms with E-state index in [2.05, 4.69) is 13.8 Å². The summed E-state index contributed by atoms with van der Waals surface area (Å²) in [7, 11) is 0. The second-order valence-electron chi connectivity index (χ2n) is 11.8. The number of hydrogen-bond donors (Lipinski definition) is 0. The first-order chi connectivity index (χ1) is 21.7. The van der Waals surface area contributed by atoms with Gasteiger partial charge in [-0.2, -0.15) is 0 Å². The van der Waals surface area contributed by atoms with Crippen LogP contribution in [0.1, 0.15) is 155 Å². The molecular formula is C36H70O8. The number of ether oxygens (including phenoxy) is 6. The smallest absolute Gasteiger partial charge is 0.305 e. The number of carbonyl (C=O) groups excluding carboxylic acids is 2. The first kappa shape index (κ1) is 42.8. The normalized spacial score (nSPS) is 11.2. The van der Waals surface area contributed by atoms with Gasteiger partial charge >= 0.3 is 11.9 Å². The Balaban J connectivity index is 3.20. The molecule has 0 aliphatic rings. The topological polar surface area (TPSA) is 89.5 Å². The van der Waals surface area contributed by atoms with E-state index in [-0.39, 0.29) is 18.5 Å². The lowest BCUT2D eigenvalue weighted by molar-refractivity contribution is -0.146. The number of carbonyl (C=O) groups is 2. The Morgan fingerprint density at radius 3 is 0.818 bits per heavy atom. The molecule has 44 heavy (non-hydrogen) atoms. The van der Waals surface area contributed by atoms with Gasteiger partial charge in [0.15, 0.2) is 0 Å². The van der Waals surface area contributed by atoms with Gasteiger partial charge in [-0.15, -0.1) is 0 Å². The first-order valence-electron chi connectivity index (χ1n) is 18.3. The van der Waals surface area contributed by atoms with E-state index in [1.807, 2.05) is 0 Å². The van der Waals surface area contributed by atoms with E-state index in [4.69, 9.17) is 28.4 Å². The maximum atomic E-state index is 11.8. The van der Waals surface area contributed by atoms with E-state index < -0.39 is 0 Å². The fourth-order valence-corrected chi connectivity index (χ4v) is 4.85. The predicted molar refractivity (Wildman–Crippen MR) is 178 cm³/mol. The molecule has 0 unspecified atom stereocenters. The summed E-state index contributed by atoms with van der Waals surface area (Å²) in [5, 5.41) is 0. The second-order valence-corrected chi connectivity index (χ2v) is 11.8. The molecule has 0 heterocycles. The summed E-state index contributed by atoms with van der Waals surface area (Å²) < 4.78 is 32.2. The minimum Gasteiger partial charge on any atom is -0.463 e. The highest BCUT2D eigenvalue weighted by molar-refractivity contribution is 5.69.